The normalized spacial score (nSPS) is 18.9. The predicted octanol–water partition coefficient (Wildman–Crippen LogP) is 9.99. The van der Waals surface area contributed by atoms with Crippen molar-refractivity contribution in [3.8, 4) is 6.01 Å². The summed E-state index contributed by atoms with van der Waals surface area (Å²) in [6, 6.07) is 1.83. The lowest BCUT2D eigenvalue weighted by Gasteiger charge is -2.22. The zero-order chi connectivity index (χ0) is 35.7. The van der Waals surface area contributed by atoms with E-state index < -0.39 is 24.5 Å². The maximum Gasteiger partial charge on any atom is 0.306 e. The van der Waals surface area contributed by atoms with Crippen molar-refractivity contribution >= 4 is 47.9 Å². The van der Waals surface area contributed by atoms with E-state index in [-0.39, 0.29) is 42.5 Å². The van der Waals surface area contributed by atoms with E-state index in [2.05, 4.69) is 42.4 Å². The Morgan fingerprint density at radius 3 is 1.78 bits per heavy atom. The first-order chi connectivity index (χ1) is 24.5. The third-order valence-electron chi connectivity index (χ3n) is 9.43. The van der Waals surface area contributed by atoms with Crippen LogP contribution >= 0.6 is 35.9 Å². The molecule has 3 heterocycles. The molecule has 0 aromatic carbocycles. The third kappa shape index (κ3) is 18.9. The summed E-state index contributed by atoms with van der Waals surface area (Å²) in [6.45, 7) is 4.50. The van der Waals surface area contributed by atoms with Crippen LogP contribution in [0.3, 0.4) is 0 Å². The maximum atomic E-state index is 13.0. The minimum atomic E-state index is -0.730. The van der Waals surface area contributed by atoms with Crippen LogP contribution in [-0.4, -0.2) is 69.4 Å². The summed E-state index contributed by atoms with van der Waals surface area (Å²) in [7, 11) is 0. The van der Waals surface area contributed by atoms with Gasteiger partial charge in [0.1, 0.15) is 12.7 Å². The Morgan fingerprint density at radius 1 is 0.745 bits per heavy atom. The van der Waals surface area contributed by atoms with E-state index >= 15 is 0 Å². The van der Waals surface area contributed by atoms with E-state index in [1.54, 1.807) is 16.8 Å². The number of halogens is 1. The summed E-state index contributed by atoms with van der Waals surface area (Å²) in [5.74, 6) is 4.63. The number of fused-ring (bicyclic) bond motifs is 3. The van der Waals surface area contributed by atoms with Crippen molar-refractivity contribution in [2.75, 3.05) is 29.6 Å². The molecule has 1 fully saturated rings. The van der Waals surface area contributed by atoms with Crippen molar-refractivity contribution in [2.24, 2.45) is 0 Å². The number of hydrogen-bond acceptors (Lipinski definition) is 10. The average molecular weight is 775 g/mol. The van der Waals surface area contributed by atoms with Gasteiger partial charge >= 0.3 is 17.9 Å². The lowest BCUT2D eigenvalue weighted by atomic mass is 10.1. The molecular weight excluding hydrogens is 706 g/mol. The Bertz CT molecular complexity index is 1130. The first-order valence-corrected chi connectivity index (χ1v) is 22.3. The lowest BCUT2D eigenvalue weighted by Crippen LogP contribution is -2.40. The molecule has 0 radical (unpaired) electrons. The van der Waals surface area contributed by atoms with Crippen molar-refractivity contribution < 1.29 is 28.5 Å². The Labute approximate surface area is 323 Å². The Hall–Kier alpha value is -1.43. The fraction of sp³-hybridized carbons (Fsp3) is 0.846. The fourth-order valence-electron chi connectivity index (χ4n) is 6.37. The van der Waals surface area contributed by atoms with E-state index in [9.17, 15) is 9.59 Å². The predicted molar refractivity (Wildman–Crippen MR) is 212 cm³/mol. The SMILES string of the molecule is CCCCSCCCCCCCCCCC(=O)OC[C@H]1O[C@@H]2[C@H](Oc3nc(=N)ccn32)[C@@H]1OC(=O)CCCCCCCCCCSCCCC.Cl. The summed E-state index contributed by atoms with van der Waals surface area (Å²) in [5.41, 5.74) is 0.0870. The molecule has 1 N–H and O–H groups in total. The van der Waals surface area contributed by atoms with Gasteiger partial charge in [0.05, 0.1) is 0 Å². The maximum absolute atomic E-state index is 13.0. The van der Waals surface area contributed by atoms with Crippen LogP contribution < -0.4 is 10.2 Å². The van der Waals surface area contributed by atoms with Crippen LogP contribution in [0, 0.1) is 5.41 Å². The lowest BCUT2D eigenvalue weighted by molar-refractivity contribution is -0.160. The first-order valence-electron chi connectivity index (χ1n) is 20.0. The van der Waals surface area contributed by atoms with Crippen molar-refractivity contribution in [3.63, 3.8) is 0 Å². The van der Waals surface area contributed by atoms with Gasteiger partial charge in [0.2, 0.25) is 0 Å². The molecule has 0 spiro atoms. The number of nitrogens with zero attached hydrogens (tertiary/aromatic N) is 2. The van der Waals surface area contributed by atoms with Crippen molar-refractivity contribution in [3.05, 3.63) is 17.8 Å². The summed E-state index contributed by atoms with van der Waals surface area (Å²) >= 11 is 4.18. The van der Waals surface area contributed by atoms with Crippen LogP contribution in [0.15, 0.2) is 12.3 Å². The molecule has 12 heteroatoms. The molecule has 0 amide bonds. The third-order valence-corrected chi connectivity index (χ3v) is 11.7. The Morgan fingerprint density at radius 2 is 1.24 bits per heavy atom. The molecule has 0 aliphatic carbocycles. The van der Waals surface area contributed by atoms with Crippen molar-refractivity contribution in [1.82, 2.24) is 9.55 Å². The zero-order valence-corrected chi connectivity index (χ0v) is 34.1. The molecule has 51 heavy (non-hydrogen) atoms. The summed E-state index contributed by atoms with van der Waals surface area (Å²) in [4.78, 5) is 29.7. The highest BCUT2D eigenvalue weighted by Gasteiger charge is 2.54. The van der Waals surface area contributed by atoms with Gasteiger partial charge in [-0.1, -0.05) is 104 Å². The number of aromatic nitrogens is 2. The van der Waals surface area contributed by atoms with E-state index in [1.165, 1.54) is 113 Å². The monoisotopic (exact) mass is 773 g/mol. The average Bonchev–Trinajstić information content (AvgIpc) is 3.62. The number of hydrogen-bond donors (Lipinski definition) is 1. The van der Waals surface area contributed by atoms with Crippen LogP contribution in [0.2, 0.25) is 0 Å². The minimum Gasteiger partial charge on any atom is -0.463 e. The number of nitrogens with one attached hydrogen (secondary N) is 1. The van der Waals surface area contributed by atoms with Gasteiger partial charge in [0.25, 0.3) is 0 Å². The highest BCUT2D eigenvalue weighted by Crippen LogP contribution is 2.40. The molecule has 1 saturated heterocycles. The number of carbonyl (C=O) groups is 2. The number of unbranched alkanes of at least 4 members (excludes halogenated alkanes) is 16. The van der Waals surface area contributed by atoms with Gasteiger partial charge in [-0.05, 0) is 67.6 Å². The van der Waals surface area contributed by atoms with Gasteiger partial charge in [-0.15, -0.1) is 12.4 Å². The molecule has 2 aliphatic rings. The van der Waals surface area contributed by atoms with Crippen LogP contribution in [0.25, 0.3) is 0 Å². The number of esters is 2. The Kier molecular flexibility index (Phi) is 26.0. The fourth-order valence-corrected chi connectivity index (χ4v) is 8.58. The van der Waals surface area contributed by atoms with Gasteiger partial charge in [0.15, 0.2) is 23.9 Å². The molecule has 294 valence electrons. The molecule has 1 aromatic heterocycles. The number of ether oxygens (including phenoxy) is 4. The van der Waals surface area contributed by atoms with Crippen molar-refractivity contribution in [1.29, 1.82) is 5.41 Å². The molecule has 2 aliphatic heterocycles. The summed E-state index contributed by atoms with van der Waals surface area (Å²) < 4.78 is 25.6. The highest BCUT2D eigenvalue weighted by molar-refractivity contribution is 7.99. The standard InChI is InChI=1S/C39H67N3O6S2.ClH/c1-3-5-27-49-29-21-17-13-9-7-11-15-19-23-34(43)45-31-32-36(37-38(46-32)42-26-25-33(40)41-39(42)48-37)47-35(44)24-20-16-12-8-10-14-18-22-30-50-28-6-4-2;/h25-26,32,36-38,40H,3-24,27-31H2,1-2H3;1H/t32-,36-,37-,38-;/m1./s1. The van der Waals surface area contributed by atoms with E-state index in [0.29, 0.717) is 12.8 Å². The second kappa shape index (κ2) is 29.0. The van der Waals surface area contributed by atoms with E-state index in [0.717, 1.165) is 38.5 Å². The first kappa shape index (κ1) is 45.7. The molecule has 9 nitrogen and oxygen atoms in total. The minimum absolute atomic E-state index is 0. The quantitative estimate of drug-likeness (QED) is 0.0582. The molecule has 3 rings (SSSR count). The second-order valence-electron chi connectivity index (χ2n) is 13.9. The van der Waals surface area contributed by atoms with Crippen LogP contribution in [0.4, 0.5) is 0 Å². The molecule has 0 bridgehead atoms. The topological polar surface area (TPSA) is 113 Å². The summed E-state index contributed by atoms with van der Waals surface area (Å²) in [5, 5.41) is 7.84. The van der Waals surface area contributed by atoms with Crippen LogP contribution in [0.1, 0.15) is 161 Å². The second-order valence-corrected chi connectivity index (χ2v) is 16.3. The highest BCUT2D eigenvalue weighted by atomic mass is 35.5. The largest absolute Gasteiger partial charge is 0.463 e. The van der Waals surface area contributed by atoms with Gasteiger partial charge in [0, 0.05) is 19.0 Å². The summed E-state index contributed by atoms with van der Waals surface area (Å²) in [6.07, 6.45) is 23.8. The van der Waals surface area contributed by atoms with Gasteiger partial charge in [-0.2, -0.15) is 28.5 Å². The smallest absolute Gasteiger partial charge is 0.306 e. The zero-order valence-electron chi connectivity index (χ0n) is 31.6. The van der Waals surface area contributed by atoms with E-state index in [1.807, 2.05) is 0 Å². The number of carbonyl (C=O) groups excluding carboxylic acids is 2. The molecule has 0 saturated carbocycles. The van der Waals surface area contributed by atoms with Gasteiger partial charge in [-0.3, -0.25) is 19.6 Å². The molecule has 4 atom stereocenters. The number of thioether (sulfide) groups is 2. The molecule has 0 unspecified atom stereocenters. The van der Waals surface area contributed by atoms with Crippen molar-refractivity contribution in [2.45, 2.75) is 180 Å². The Balaban J connectivity index is 0.00000901. The van der Waals surface area contributed by atoms with Gasteiger partial charge < -0.3 is 18.9 Å². The van der Waals surface area contributed by atoms with E-state index in [4.69, 9.17) is 24.4 Å². The molecule has 1 aromatic rings. The number of rotatable bonds is 31. The molecular formula is C39H68ClN3O6S2. The van der Waals surface area contributed by atoms with Crippen LogP contribution in [0.5, 0.6) is 6.01 Å². The van der Waals surface area contributed by atoms with Crippen LogP contribution in [-0.2, 0) is 23.8 Å². The van der Waals surface area contributed by atoms with Gasteiger partial charge in [-0.25, -0.2) is 0 Å².